The molecule has 28 heavy (non-hydrogen) atoms. The zero-order valence-corrected chi connectivity index (χ0v) is 16.7. The van der Waals surface area contributed by atoms with E-state index in [0.29, 0.717) is 21.5 Å². The van der Waals surface area contributed by atoms with E-state index in [0.717, 1.165) is 16.8 Å². The number of hydrogen-bond acceptors (Lipinski definition) is 3. The first-order chi connectivity index (χ1) is 13.5. The van der Waals surface area contributed by atoms with Gasteiger partial charge < -0.3 is 10.1 Å². The maximum Gasteiger partial charge on any atom is 0.262 e. The van der Waals surface area contributed by atoms with Gasteiger partial charge in [0, 0.05) is 21.9 Å². The van der Waals surface area contributed by atoms with E-state index in [1.165, 1.54) is 0 Å². The summed E-state index contributed by atoms with van der Waals surface area (Å²) >= 11 is 12.0. The van der Waals surface area contributed by atoms with Gasteiger partial charge in [-0.15, -0.1) is 0 Å². The highest BCUT2D eigenvalue weighted by Crippen LogP contribution is 2.22. The summed E-state index contributed by atoms with van der Waals surface area (Å²) in [6, 6.07) is 19.9. The maximum atomic E-state index is 12.0. The summed E-state index contributed by atoms with van der Waals surface area (Å²) in [5, 5.41) is 3.98. The molecule has 142 valence electrons. The van der Waals surface area contributed by atoms with Crippen molar-refractivity contribution >= 4 is 46.7 Å². The molecule has 0 aliphatic heterocycles. The molecule has 0 aromatic heterocycles. The smallest absolute Gasteiger partial charge is 0.262 e. The second-order valence-corrected chi connectivity index (χ2v) is 6.95. The van der Waals surface area contributed by atoms with Gasteiger partial charge in [-0.1, -0.05) is 35.3 Å². The average molecular weight is 413 g/mol. The van der Waals surface area contributed by atoms with Crippen LogP contribution in [0.5, 0.6) is 5.75 Å². The SMILES string of the molecule is Cc1ccc(N=Cc2ccc(OCC(=O)Nc3cccc(Cl)c3)cc2)cc1Cl. The van der Waals surface area contributed by atoms with E-state index in [1.54, 1.807) is 42.6 Å². The first kappa shape index (κ1) is 19.9. The lowest BCUT2D eigenvalue weighted by molar-refractivity contribution is -0.118. The van der Waals surface area contributed by atoms with Crippen molar-refractivity contribution in [3.8, 4) is 5.75 Å². The summed E-state index contributed by atoms with van der Waals surface area (Å²) in [7, 11) is 0. The lowest BCUT2D eigenvalue weighted by Crippen LogP contribution is -2.20. The molecule has 4 nitrogen and oxygen atoms in total. The van der Waals surface area contributed by atoms with E-state index in [-0.39, 0.29) is 12.5 Å². The van der Waals surface area contributed by atoms with Crippen LogP contribution in [0.15, 0.2) is 71.7 Å². The number of anilines is 1. The lowest BCUT2D eigenvalue weighted by Gasteiger charge is -2.08. The van der Waals surface area contributed by atoms with Crippen molar-refractivity contribution in [2.75, 3.05) is 11.9 Å². The molecule has 3 aromatic carbocycles. The molecule has 0 fully saturated rings. The van der Waals surface area contributed by atoms with Crippen molar-refractivity contribution in [1.29, 1.82) is 0 Å². The van der Waals surface area contributed by atoms with Crippen molar-refractivity contribution in [2.24, 2.45) is 4.99 Å². The number of aliphatic imine (C=N–C) groups is 1. The zero-order chi connectivity index (χ0) is 19.9. The summed E-state index contributed by atoms with van der Waals surface area (Å²) in [6.07, 6.45) is 1.75. The van der Waals surface area contributed by atoms with Crippen LogP contribution < -0.4 is 10.1 Å². The van der Waals surface area contributed by atoms with Gasteiger partial charge in [-0.25, -0.2) is 0 Å². The summed E-state index contributed by atoms with van der Waals surface area (Å²) in [5.74, 6) is 0.334. The number of carbonyl (C=O) groups is 1. The Morgan fingerprint density at radius 3 is 2.57 bits per heavy atom. The van der Waals surface area contributed by atoms with Crippen LogP contribution in [0.3, 0.4) is 0 Å². The van der Waals surface area contributed by atoms with Gasteiger partial charge in [-0.2, -0.15) is 0 Å². The van der Waals surface area contributed by atoms with E-state index >= 15 is 0 Å². The Hall–Kier alpha value is -2.82. The number of nitrogens with zero attached hydrogens (tertiary/aromatic N) is 1. The Morgan fingerprint density at radius 2 is 1.86 bits per heavy atom. The third-order valence-corrected chi connectivity index (χ3v) is 4.52. The van der Waals surface area contributed by atoms with Crippen molar-refractivity contribution in [2.45, 2.75) is 6.92 Å². The first-order valence-electron chi connectivity index (χ1n) is 8.58. The Labute approximate surface area is 173 Å². The number of halogens is 2. The van der Waals surface area contributed by atoms with Gasteiger partial charge in [-0.05, 0) is 72.6 Å². The highest BCUT2D eigenvalue weighted by atomic mass is 35.5. The number of nitrogens with one attached hydrogen (secondary N) is 1. The fraction of sp³-hybridized carbons (Fsp3) is 0.0909. The van der Waals surface area contributed by atoms with Gasteiger partial charge >= 0.3 is 0 Å². The van der Waals surface area contributed by atoms with Crippen LogP contribution in [0.2, 0.25) is 10.0 Å². The molecular formula is C22H18Cl2N2O2. The summed E-state index contributed by atoms with van der Waals surface area (Å²) < 4.78 is 5.51. The number of benzene rings is 3. The van der Waals surface area contributed by atoms with Gasteiger partial charge in [0.15, 0.2) is 6.61 Å². The molecule has 0 spiro atoms. The summed E-state index contributed by atoms with van der Waals surface area (Å²) in [6.45, 7) is 1.85. The Kier molecular flexibility index (Phi) is 6.69. The molecule has 6 heteroatoms. The average Bonchev–Trinajstić information content (AvgIpc) is 2.68. The minimum atomic E-state index is -0.260. The van der Waals surface area contributed by atoms with E-state index < -0.39 is 0 Å². The van der Waals surface area contributed by atoms with Gasteiger partial charge in [0.1, 0.15) is 5.75 Å². The minimum absolute atomic E-state index is 0.0954. The molecule has 0 radical (unpaired) electrons. The van der Waals surface area contributed by atoms with Gasteiger partial charge in [0.2, 0.25) is 0 Å². The van der Waals surface area contributed by atoms with E-state index in [2.05, 4.69) is 10.3 Å². The zero-order valence-electron chi connectivity index (χ0n) is 15.2. The number of hydrogen-bond donors (Lipinski definition) is 1. The number of ether oxygens (including phenoxy) is 1. The van der Waals surface area contributed by atoms with Crippen LogP contribution in [0, 0.1) is 6.92 Å². The third kappa shape index (κ3) is 5.84. The van der Waals surface area contributed by atoms with Gasteiger partial charge in [-0.3, -0.25) is 9.79 Å². The highest BCUT2D eigenvalue weighted by molar-refractivity contribution is 6.31. The second kappa shape index (κ2) is 9.40. The van der Waals surface area contributed by atoms with Gasteiger partial charge in [0.25, 0.3) is 5.91 Å². The molecule has 0 bridgehead atoms. The summed E-state index contributed by atoms with van der Waals surface area (Å²) in [4.78, 5) is 16.4. The molecule has 3 rings (SSSR count). The van der Waals surface area contributed by atoms with E-state index in [9.17, 15) is 4.79 Å². The fourth-order valence-electron chi connectivity index (χ4n) is 2.37. The number of aryl methyl sites for hydroxylation is 1. The quantitative estimate of drug-likeness (QED) is 0.499. The van der Waals surface area contributed by atoms with Crippen molar-refractivity contribution in [3.63, 3.8) is 0 Å². The van der Waals surface area contributed by atoms with Crippen LogP contribution in [-0.2, 0) is 4.79 Å². The normalized spacial score (nSPS) is 10.8. The molecule has 1 N–H and O–H groups in total. The second-order valence-electron chi connectivity index (χ2n) is 6.11. The predicted molar refractivity (Wildman–Crippen MR) is 115 cm³/mol. The molecule has 1 amide bonds. The fourth-order valence-corrected chi connectivity index (χ4v) is 2.74. The Morgan fingerprint density at radius 1 is 1.07 bits per heavy atom. The number of rotatable bonds is 6. The van der Waals surface area contributed by atoms with Crippen LogP contribution in [-0.4, -0.2) is 18.7 Å². The molecule has 0 saturated carbocycles. The van der Waals surface area contributed by atoms with Gasteiger partial charge in [0.05, 0.1) is 5.69 Å². The number of carbonyl (C=O) groups excluding carboxylic acids is 1. The van der Waals surface area contributed by atoms with Crippen LogP contribution in [0.25, 0.3) is 0 Å². The molecular weight excluding hydrogens is 395 g/mol. The van der Waals surface area contributed by atoms with Crippen molar-refractivity contribution in [1.82, 2.24) is 0 Å². The Bertz CT molecular complexity index is 1000. The number of amides is 1. The molecule has 0 aliphatic rings. The molecule has 0 atom stereocenters. The topological polar surface area (TPSA) is 50.7 Å². The third-order valence-electron chi connectivity index (χ3n) is 3.88. The molecule has 0 unspecified atom stereocenters. The lowest BCUT2D eigenvalue weighted by atomic mass is 10.2. The molecule has 3 aromatic rings. The monoisotopic (exact) mass is 412 g/mol. The van der Waals surface area contributed by atoms with E-state index in [4.69, 9.17) is 27.9 Å². The largest absolute Gasteiger partial charge is 0.484 e. The molecule has 0 heterocycles. The van der Waals surface area contributed by atoms with Crippen molar-refractivity contribution < 1.29 is 9.53 Å². The van der Waals surface area contributed by atoms with Crippen LogP contribution >= 0.6 is 23.2 Å². The van der Waals surface area contributed by atoms with Crippen LogP contribution in [0.4, 0.5) is 11.4 Å². The molecule has 0 saturated heterocycles. The highest BCUT2D eigenvalue weighted by Gasteiger charge is 2.04. The van der Waals surface area contributed by atoms with Crippen LogP contribution in [0.1, 0.15) is 11.1 Å². The first-order valence-corrected chi connectivity index (χ1v) is 9.34. The van der Waals surface area contributed by atoms with Crippen molar-refractivity contribution in [3.05, 3.63) is 87.9 Å². The minimum Gasteiger partial charge on any atom is -0.484 e. The standard InChI is InChI=1S/C22H18Cl2N2O2/c1-15-5-8-18(12-21(15)24)25-13-16-6-9-20(10-7-16)28-14-22(27)26-19-4-2-3-17(23)11-19/h2-13H,14H2,1H3,(H,26,27). The maximum absolute atomic E-state index is 12.0. The predicted octanol–water partition coefficient (Wildman–Crippen LogP) is 6.07. The summed E-state index contributed by atoms with van der Waals surface area (Å²) in [5.41, 5.74) is 3.34. The molecule has 0 aliphatic carbocycles. The Balaban J connectivity index is 1.53. The van der Waals surface area contributed by atoms with E-state index in [1.807, 2.05) is 37.3 Å².